The third kappa shape index (κ3) is 4.45. The fourth-order valence-electron chi connectivity index (χ4n) is 2.06. The lowest BCUT2D eigenvalue weighted by molar-refractivity contribution is 0.138. The van der Waals surface area contributed by atoms with Gasteiger partial charge in [0.15, 0.2) is 11.6 Å². The second-order valence-corrected chi connectivity index (χ2v) is 5.16. The average Bonchev–Trinajstić information content (AvgIpc) is 2.48. The molecule has 0 fully saturated rings. The van der Waals surface area contributed by atoms with Gasteiger partial charge in [0.1, 0.15) is 11.6 Å². The van der Waals surface area contributed by atoms with Gasteiger partial charge in [0.25, 0.3) is 0 Å². The van der Waals surface area contributed by atoms with Crippen LogP contribution in [0.4, 0.5) is 28.0 Å². The predicted octanol–water partition coefficient (Wildman–Crippen LogP) is 3.49. The van der Waals surface area contributed by atoms with Crippen molar-refractivity contribution in [3.63, 3.8) is 0 Å². The summed E-state index contributed by atoms with van der Waals surface area (Å²) < 4.78 is 52.1. The molecule has 0 bridgehead atoms. The molecule has 2 unspecified atom stereocenters. The Kier molecular flexibility index (Phi) is 5.40. The van der Waals surface area contributed by atoms with Crippen LogP contribution in [0.3, 0.4) is 0 Å². The number of hydrogen-bond acceptors (Lipinski definition) is 2. The molecule has 0 aliphatic carbocycles. The van der Waals surface area contributed by atoms with E-state index in [-0.39, 0.29) is 11.3 Å². The van der Waals surface area contributed by atoms with Crippen molar-refractivity contribution in [2.45, 2.75) is 19.1 Å². The van der Waals surface area contributed by atoms with E-state index in [4.69, 9.17) is 0 Å². The van der Waals surface area contributed by atoms with Crippen LogP contribution in [0.2, 0.25) is 0 Å². The van der Waals surface area contributed by atoms with Gasteiger partial charge in [0.05, 0.1) is 12.1 Å². The Bertz CT molecular complexity index is 735. The number of aliphatic hydroxyl groups is 1. The predicted molar refractivity (Wildman–Crippen MR) is 79.3 cm³/mol. The number of aliphatic hydroxyl groups excluding tert-OH is 1. The molecule has 8 heteroatoms. The summed E-state index contributed by atoms with van der Waals surface area (Å²) in [4.78, 5) is 11.8. The minimum atomic E-state index is -1.31. The number of anilines is 1. The third-order valence-electron chi connectivity index (χ3n) is 3.24. The Morgan fingerprint density at radius 2 is 1.62 bits per heavy atom. The van der Waals surface area contributed by atoms with Gasteiger partial charge in [-0.15, -0.1) is 0 Å². The molecule has 0 saturated carbocycles. The van der Waals surface area contributed by atoms with Crippen molar-refractivity contribution in [1.82, 2.24) is 5.32 Å². The van der Waals surface area contributed by atoms with Crippen LogP contribution in [0.15, 0.2) is 36.4 Å². The highest BCUT2D eigenvalue weighted by Gasteiger charge is 2.20. The summed E-state index contributed by atoms with van der Waals surface area (Å²) in [6.45, 7) is 1.43. The quantitative estimate of drug-likeness (QED) is 0.745. The summed E-state index contributed by atoms with van der Waals surface area (Å²) in [6.07, 6.45) is -1.31. The highest BCUT2D eigenvalue weighted by Crippen LogP contribution is 2.19. The molecule has 0 radical (unpaired) electrons. The van der Waals surface area contributed by atoms with E-state index in [1.54, 1.807) is 0 Å². The lowest BCUT2D eigenvalue weighted by atomic mass is 10.0. The molecule has 2 aromatic carbocycles. The topological polar surface area (TPSA) is 61.4 Å². The van der Waals surface area contributed by atoms with E-state index >= 15 is 0 Å². The normalized spacial score (nSPS) is 13.2. The summed E-state index contributed by atoms with van der Waals surface area (Å²) in [5.74, 6) is -3.91. The van der Waals surface area contributed by atoms with E-state index in [2.05, 4.69) is 10.6 Å². The van der Waals surface area contributed by atoms with Gasteiger partial charge in [-0.2, -0.15) is 0 Å². The highest BCUT2D eigenvalue weighted by molar-refractivity contribution is 5.89. The zero-order valence-corrected chi connectivity index (χ0v) is 12.5. The third-order valence-corrected chi connectivity index (χ3v) is 3.24. The summed E-state index contributed by atoms with van der Waals surface area (Å²) in [6, 6.07) is 3.63. The molecule has 0 aliphatic rings. The van der Waals surface area contributed by atoms with E-state index in [1.165, 1.54) is 13.0 Å². The van der Waals surface area contributed by atoms with Crippen molar-refractivity contribution in [2.75, 3.05) is 5.32 Å². The first kappa shape index (κ1) is 17.7. The number of urea groups is 1. The number of nitrogens with one attached hydrogen (secondary N) is 2. The Morgan fingerprint density at radius 3 is 2.21 bits per heavy atom. The number of halogens is 4. The first-order valence-corrected chi connectivity index (χ1v) is 6.93. The molecule has 0 spiro atoms. The lowest BCUT2D eigenvalue weighted by Crippen LogP contribution is -2.39. The highest BCUT2D eigenvalue weighted by atomic mass is 19.2. The van der Waals surface area contributed by atoms with Crippen LogP contribution in [0.1, 0.15) is 18.6 Å². The first-order valence-electron chi connectivity index (χ1n) is 6.93. The van der Waals surface area contributed by atoms with Crippen molar-refractivity contribution >= 4 is 11.7 Å². The van der Waals surface area contributed by atoms with Crippen LogP contribution in [0, 0.1) is 23.3 Å². The van der Waals surface area contributed by atoms with Crippen molar-refractivity contribution in [3.05, 3.63) is 65.2 Å². The van der Waals surface area contributed by atoms with Gasteiger partial charge in [-0.3, -0.25) is 0 Å². The summed E-state index contributed by atoms with van der Waals surface area (Å²) in [5, 5.41) is 14.6. The molecule has 24 heavy (non-hydrogen) atoms. The van der Waals surface area contributed by atoms with Crippen LogP contribution < -0.4 is 10.6 Å². The second-order valence-electron chi connectivity index (χ2n) is 5.16. The molecular formula is C16H14F4N2O2. The second kappa shape index (κ2) is 7.31. The molecule has 2 rings (SSSR count). The van der Waals surface area contributed by atoms with Crippen LogP contribution in [0.5, 0.6) is 0 Å². The maximum Gasteiger partial charge on any atom is 0.319 e. The summed E-state index contributed by atoms with van der Waals surface area (Å²) in [5.41, 5.74) is -0.0435. The van der Waals surface area contributed by atoms with Gasteiger partial charge < -0.3 is 15.7 Å². The van der Waals surface area contributed by atoms with E-state index in [0.29, 0.717) is 6.07 Å². The molecule has 3 N–H and O–H groups in total. The number of rotatable bonds is 4. The van der Waals surface area contributed by atoms with E-state index in [0.717, 1.165) is 24.3 Å². The first-order chi connectivity index (χ1) is 11.3. The fraction of sp³-hybridized carbons (Fsp3) is 0.188. The number of benzene rings is 2. The molecule has 2 aromatic rings. The molecular weight excluding hydrogens is 328 g/mol. The van der Waals surface area contributed by atoms with E-state index < -0.39 is 41.4 Å². The molecule has 128 valence electrons. The number of carbonyl (C=O) groups excluding carboxylic acids is 1. The van der Waals surface area contributed by atoms with Crippen LogP contribution in [-0.4, -0.2) is 17.2 Å². The number of carbonyl (C=O) groups is 1. The van der Waals surface area contributed by atoms with Crippen molar-refractivity contribution in [2.24, 2.45) is 0 Å². The smallest absolute Gasteiger partial charge is 0.319 e. The standard InChI is InChI=1S/C16H14F4N2O2/c1-8(15(23)9-2-3-13(19)14(20)4-9)21-16(24)22-12-6-10(17)5-11(18)7-12/h2-8,15,23H,1H3,(H2,21,22,24). The van der Waals surface area contributed by atoms with E-state index in [1.807, 2.05) is 0 Å². The van der Waals surface area contributed by atoms with Gasteiger partial charge in [0.2, 0.25) is 0 Å². The Balaban J connectivity index is 2.01. The molecule has 2 atom stereocenters. The minimum Gasteiger partial charge on any atom is -0.386 e. The lowest BCUT2D eigenvalue weighted by Gasteiger charge is -2.21. The van der Waals surface area contributed by atoms with Crippen LogP contribution in [0.25, 0.3) is 0 Å². The van der Waals surface area contributed by atoms with Crippen molar-refractivity contribution < 1.29 is 27.5 Å². The molecule has 4 nitrogen and oxygen atoms in total. The molecule has 0 heterocycles. The molecule has 0 saturated heterocycles. The van der Waals surface area contributed by atoms with Gasteiger partial charge >= 0.3 is 6.03 Å². The Morgan fingerprint density at radius 1 is 1.00 bits per heavy atom. The Labute approximate surface area is 135 Å². The summed E-state index contributed by atoms with van der Waals surface area (Å²) in [7, 11) is 0. The molecule has 0 aromatic heterocycles. The van der Waals surface area contributed by atoms with Crippen molar-refractivity contribution in [1.29, 1.82) is 0 Å². The SMILES string of the molecule is CC(NC(=O)Nc1cc(F)cc(F)c1)C(O)c1ccc(F)c(F)c1. The zero-order valence-electron chi connectivity index (χ0n) is 12.5. The van der Waals surface area contributed by atoms with Crippen LogP contribution in [-0.2, 0) is 0 Å². The Hall–Kier alpha value is -2.61. The minimum absolute atomic E-state index is 0.0681. The van der Waals surface area contributed by atoms with Gasteiger partial charge in [-0.25, -0.2) is 22.4 Å². The number of amides is 2. The van der Waals surface area contributed by atoms with E-state index in [9.17, 15) is 27.5 Å². The van der Waals surface area contributed by atoms with Gasteiger partial charge in [-0.1, -0.05) is 6.07 Å². The zero-order chi connectivity index (χ0) is 17.9. The monoisotopic (exact) mass is 342 g/mol. The fourth-order valence-corrected chi connectivity index (χ4v) is 2.06. The average molecular weight is 342 g/mol. The molecule has 0 aliphatic heterocycles. The molecule has 2 amide bonds. The largest absolute Gasteiger partial charge is 0.386 e. The number of hydrogen-bond donors (Lipinski definition) is 3. The van der Waals surface area contributed by atoms with Gasteiger partial charge in [0, 0.05) is 11.8 Å². The summed E-state index contributed by atoms with van der Waals surface area (Å²) >= 11 is 0. The maximum atomic E-state index is 13.2. The van der Waals surface area contributed by atoms with Gasteiger partial charge in [-0.05, 0) is 36.8 Å². The van der Waals surface area contributed by atoms with Crippen molar-refractivity contribution in [3.8, 4) is 0 Å². The maximum absolute atomic E-state index is 13.2. The van der Waals surface area contributed by atoms with Crippen LogP contribution >= 0.6 is 0 Å².